The average Bonchev–Trinajstić information content (AvgIpc) is 2.67. The van der Waals surface area contributed by atoms with Crippen LogP contribution in [0.3, 0.4) is 0 Å². The maximum atomic E-state index is 11.2. The Balaban J connectivity index is 2.27. The summed E-state index contributed by atoms with van der Waals surface area (Å²) >= 11 is 0. The second-order valence-corrected chi connectivity index (χ2v) is 2.69. The van der Waals surface area contributed by atoms with Crippen LogP contribution < -0.4 is 5.32 Å². The monoisotopic (exact) mass is 207 g/mol. The van der Waals surface area contributed by atoms with E-state index in [0.717, 1.165) is 0 Å². The number of anilines is 1. The maximum Gasteiger partial charge on any atom is 0.411 e. The smallest absolute Gasteiger partial charge is 0.411 e. The Labute approximate surface area is 85.1 Å². The van der Waals surface area contributed by atoms with Gasteiger partial charge in [0.2, 0.25) is 5.65 Å². The van der Waals surface area contributed by atoms with E-state index in [-0.39, 0.29) is 0 Å². The van der Waals surface area contributed by atoms with Gasteiger partial charge in [-0.15, -0.1) is 10.2 Å². The van der Waals surface area contributed by atoms with Gasteiger partial charge in [0.1, 0.15) is 6.33 Å². The topological polar surface area (TPSA) is 81.4 Å². The minimum absolute atomic E-state index is 0.319. The summed E-state index contributed by atoms with van der Waals surface area (Å²) in [5.41, 5.74) is 0.992. The predicted octanol–water partition coefficient (Wildman–Crippen LogP) is 0.693. The average molecular weight is 207 g/mol. The second kappa shape index (κ2) is 3.91. The van der Waals surface area contributed by atoms with Gasteiger partial charge in [0.25, 0.3) is 0 Å². The summed E-state index contributed by atoms with van der Waals surface area (Å²) in [6.07, 6.45) is 2.47. The number of carbonyl (C=O) groups excluding carboxylic acids is 1. The lowest BCUT2D eigenvalue weighted by atomic mass is 10.4. The molecule has 1 amide bonds. The quantitative estimate of drug-likeness (QED) is 0.783. The van der Waals surface area contributed by atoms with Gasteiger partial charge in [0, 0.05) is 0 Å². The molecule has 0 unspecified atom stereocenters. The number of nitrogens with zero attached hydrogens (tertiary/aromatic N) is 4. The SMILES string of the molecule is CCOC(=O)Nc1ccnn2cnnc12. The molecule has 7 nitrogen and oxygen atoms in total. The molecule has 2 rings (SSSR count). The van der Waals surface area contributed by atoms with Crippen LogP contribution in [0.25, 0.3) is 5.65 Å². The van der Waals surface area contributed by atoms with E-state index in [9.17, 15) is 4.79 Å². The molecule has 15 heavy (non-hydrogen) atoms. The summed E-state index contributed by atoms with van der Waals surface area (Å²) in [7, 11) is 0. The molecule has 0 bridgehead atoms. The van der Waals surface area contributed by atoms with Crippen LogP contribution in [0, 0.1) is 0 Å². The van der Waals surface area contributed by atoms with Crippen LogP contribution in [0.1, 0.15) is 6.92 Å². The molecule has 0 aliphatic carbocycles. The zero-order chi connectivity index (χ0) is 10.7. The molecule has 2 heterocycles. The number of fused-ring (bicyclic) bond motifs is 1. The van der Waals surface area contributed by atoms with E-state index < -0.39 is 6.09 Å². The van der Waals surface area contributed by atoms with Crippen LogP contribution in [0.2, 0.25) is 0 Å². The number of carbonyl (C=O) groups is 1. The van der Waals surface area contributed by atoms with Gasteiger partial charge in [0.15, 0.2) is 0 Å². The molecule has 0 spiro atoms. The third-order valence-electron chi connectivity index (χ3n) is 1.72. The maximum absolute atomic E-state index is 11.2. The number of amides is 1. The molecule has 0 aliphatic rings. The molecule has 0 aliphatic heterocycles. The fraction of sp³-hybridized carbons (Fsp3) is 0.250. The van der Waals surface area contributed by atoms with Gasteiger partial charge in [-0.25, -0.2) is 4.79 Å². The largest absolute Gasteiger partial charge is 0.450 e. The Bertz CT molecular complexity index is 481. The van der Waals surface area contributed by atoms with Crippen molar-refractivity contribution in [2.24, 2.45) is 0 Å². The second-order valence-electron chi connectivity index (χ2n) is 2.69. The molecule has 0 fully saturated rings. The molecule has 0 saturated heterocycles. The third-order valence-corrected chi connectivity index (χ3v) is 1.72. The van der Waals surface area contributed by atoms with Crippen molar-refractivity contribution in [3.05, 3.63) is 18.6 Å². The van der Waals surface area contributed by atoms with E-state index in [4.69, 9.17) is 4.74 Å². The molecule has 0 radical (unpaired) electrons. The molecule has 7 heteroatoms. The fourth-order valence-corrected chi connectivity index (χ4v) is 1.12. The number of hydrogen-bond donors (Lipinski definition) is 1. The van der Waals surface area contributed by atoms with Gasteiger partial charge in [-0.05, 0) is 13.0 Å². The van der Waals surface area contributed by atoms with Crippen molar-refractivity contribution in [2.75, 3.05) is 11.9 Å². The number of ether oxygens (including phenoxy) is 1. The van der Waals surface area contributed by atoms with Gasteiger partial charge < -0.3 is 4.74 Å². The lowest BCUT2D eigenvalue weighted by molar-refractivity contribution is 0.168. The van der Waals surface area contributed by atoms with Gasteiger partial charge in [0.05, 0.1) is 18.5 Å². The molecule has 2 aromatic rings. The molecular weight excluding hydrogens is 198 g/mol. The minimum atomic E-state index is -0.520. The van der Waals surface area contributed by atoms with E-state index in [2.05, 4.69) is 20.6 Å². The fourth-order valence-electron chi connectivity index (χ4n) is 1.12. The molecular formula is C8H9N5O2. The van der Waals surface area contributed by atoms with Crippen LogP contribution in [-0.4, -0.2) is 32.5 Å². The lowest BCUT2D eigenvalue weighted by Gasteiger charge is -2.04. The van der Waals surface area contributed by atoms with E-state index in [0.29, 0.717) is 17.9 Å². The highest BCUT2D eigenvalue weighted by Crippen LogP contribution is 2.11. The van der Waals surface area contributed by atoms with Gasteiger partial charge in [-0.1, -0.05) is 0 Å². The van der Waals surface area contributed by atoms with Crippen molar-refractivity contribution in [2.45, 2.75) is 6.92 Å². The number of rotatable bonds is 2. The van der Waals surface area contributed by atoms with Crippen molar-refractivity contribution in [3.63, 3.8) is 0 Å². The third kappa shape index (κ3) is 1.85. The predicted molar refractivity (Wildman–Crippen MR) is 51.4 cm³/mol. The molecule has 1 N–H and O–H groups in total. The Morgan fingerprint density at radius 2 is 2.53 bits per heavy atom. The Morgan fingerprint density at radius 1 is 1.67 bits per heavy atom. The van der Waals surface area contributed by atoms with Crippen molar-refractivity contribution in [3.8, 4) is 0 Å². The molecule has 78 valence electrons. The number of aromatic nitrogens is 4. The zero-order valence-electron chi connectivity index (χ0n) is 8.04. The summed E-state index contributed by atoms with van der Waals surface area (Å²) in [4.78, 5) is 11.2. The molecule has 0 atom stereocenters. The number of hydrogen-bond acceptors (Lipinski definition) is 5. The summed E-state index contributed by atoms with van der Waals surface area (Å²) in [6, 6.07) is 1.63. The highest BCUT2D eigenvalue weighted by Gasteiger charge is 2.07. The molecule has 2 aromatic heterocycles. The Hall–Kier alpha value is -2.18. The van der Waals surface area contributed by atoms with E-state index in [1.807, 2.05) is 0 Å². The van der Waals surface area contributed by atoms with Crippen molar-refractivity contribution in [1.82, 2.24) is 19.8 Å². The first-order valence-corrected chi connectivity index (χ1v) is 4.40. The Morgan fingerprint density at radius 3 is 3.33 bits per heavy atom. The van der Waals surface area contributed by atoms with Crippen LogP contribution in [-0.2, 0) is 4.74 Å². The van der Waals surface area contributed by atoms with Gasteiger partial charge in [-0.2, -0.15) is 9.61 Å². The number of nitrogens with one attached hydrogen (secondary N) is 1. The standard InChI is InChI=1S/C8H9N5O2/c1-2-15-8(14)11-6-3-4-10-13-5-9-12-7(6)13/h3-5H,2H2,1H3,(H,11,14). The first-order chi connectivity index (χ1) is 7.31. The van der Waals surface area contributed by atoms with Crippen LogP contribution >= 0.6 is 0 Å². The Kier molecular flexibility index (Phi) is 2.44. The lowest BCUT2D eigenvalue weighted by Crippen LogP contribution is -2.14. The zero-order valence-corrected chi connectivity index (χ0v) is 8.04. The van der Waals surface area contributed by atoms with Crippen molar-refractivity contribution in [1.29, 1.82) is 0 Å². The van der Waals surface area contributed by atoms with Crippen LogP contribution in [0.4, 0.5) is 10.5 Å². The molecule has 0 saturated carbocycles. The van der Waals surface area contributed by atoms with E-state index in [1.165, 1.54) is 17.0 Å². The van der Waals surface area contributed by atoms with Gasteiger partial charge >= 0.3 is 6.09 Å². The van der Waals surface area contributed by atoms with Crippen molar-refractivity contribution < 1.29 is 9.53 Å². The van der Waals surface area contributed by atoms with Crippen molar-refractivity contribution >= 4 is 17.4 Å². The highest BCUT2D eigenvalue weighted by molar-refractivity contribution is 5.89. The highest BCUT2D eigenvalue weighted by atomic mass is 16.5. The summed E-state index contributed by atoms with van der Waals surface area (Å²) in [6.45, 7) is 2.05. The van der Waals surface area contributed by atoms with E-state index >= 15 is 0 Å². The van der Waals surface area contributed by atoms with E-state index in [1.54, 1.807) is 13.0 Å². The summed E-state index contributed by atoms with van der Waals surface area (Å²) in [5, 5.41) is 14.0. The minimum Gasteiger partial charge on any atom is -0.450 e. The first-order valence-electron chi connectivity index (χ1n) is 4.40. The first kappa shape index (κ1) is 9.38. The summed E-state index contributed by atoms with van der Waals surface area (Å²) < 4.78 is 6.20. The van der Waals surface area contributed by atoms with Crippen LogP contribution in [0.5, 0.6) is 0 Å². The molecule has 0 aromatic carbocycles. The normalized spacial score (nSPS) is 10.2. The van der Waals surface area contributed by atoms with Crippen LogP contribution in [0.15, 0.2) is 18.6 Å². The van der Waals surface area contributed by atoms with Gasteiger partial charge in [-0.3, -0.25) is 5.32 Å². The summed E-state index contributed by atoms with van der Waals surface area (Å²) in [5.74, 6) is 0.